The summed E-state index contributed by atoms with van der Waals surface area (Å²) in [5.74, 6) is 1.78. The molecule has 0 aromatic carbocycles. The summed E-state index contributed by atoms with van der Waals surface area (Å²) >= 11 is 0. The fraction of sp³-hybridized carbons (Fsp3) is 0.867. The standard InChI is InChI=1S/C15H27N3O2/c1-10-4-3-5-12(6-10)9-17-14(19)15(13(16)18-20)7-11(2)8-15/h10-12,20H,3-9H2,1-2H3,(H2,16,18)(H,17,19). The van der Waals surface area contributed by atoms with Crippen molar-refractivity contribution in [2.24, 2.45) is 34.1 Å². The van der Waals surface area contributed by atoms with Gasteiger partial charge in [-0.25, -0.2) is 0 Å². The number of oxime groups is 1. The summed E-state index contributed by atoms with van der Waals surface area (Å²) in [6.07, 6.45) is 6.29. The Bertz CT molecular complexity index is 389. The van der Waals surface area contributed by atoms with Gasteiger partial charge in [0.1, 0.15) is 5.41 Å². The van der Waals surface area contributed by atoms with Crippen LogP contribution in [0.2, 0.25) is 0 Å². The van der Waals surface area contributed by atoms with Gasteiger partial charge in [-0.05, 0) is 43.4 Å². The molecular weight excluding hydrogens is 254 g/mol. The molecule has 2 fully saturated rings. The van der Waals surface area contributed by atoms with E-state index in [4.69, 9.17) is 10.9 Å². The Kier molecular flexibility index (Phi) is 4.55. The average molecular weight is 281 g/mol. The van der Waals surface area contributed by atoms with Crippen LogP contribution < -0.4 is 11.1 Å². The second-order valence-electron chi connectivity index (χ2n) is 6.93. The molecule has 1 amide bonds. The number of nitrogens with zero attached hydrogens (tertiary/aromatic N) is 1. The van der Waals surface area contributed by atoms with Gasteiger partial charge in [-0.3, -0.25) is 4.79 Å². The van der Waals surface area contributed by atoms with Crippen molar-refractivity contribution in [3.05, 3.63) is 0 Å². The normalized spacial score (nSPS) is 38.1. The molecule has 0 saturated heterocycles. The van der Waals surface area contributed by atoms with E-state index in [0.29, 0.717) is 24.7 Å². The fourth-order valence-electron chi connectivity index (χ4n) is 3.89. The molecular formula is C15H27N3O2. The van der Waals surface area contributed by atoms with E-state index in [1.807, 2.05) is 0 Å². The minimum Gasteiger partial charge on any atom is -0.409 e. The Balaban J connectivity index is 1.90. The summed E-state index contributed by atoms with van der Waals surface area (Å²) in [6, 6.07) is 0. The molecule has 0 aromatic heterocycles. The van der Waals surface area contributed by atoms with Crippen LogP contribution >= 0.6 is 0 Å². The lowest BCUT2D eigenvalue weighted by Gasteiger charge is -2.44. The molecule has 4 N–H and O–H groups in total. The number of rotatable bonds is 4. The van der Waals surface area contributed by atoms with Gasteiger partial charge >= 0.3 is 0 Å². The molecule has 2 unspecified atom stereocenters. The maximum Gasteiger partial charge on any atom is 0.233 e. The third kappa shape index (κ3) is 2.91. The number of carbonyl (C=O) groups excluding carboxylic acids is 1. The van der Waals surface area contributed by atoms with E-state index in [-0.39, 0.29) is 11.7 Å². The monoisotopic (exact) mass is 281 g/mol. The molecule has 2 aliphatic carbocycles. The van der Waals surface area contributed by atoms with Gasteiger partial charge in [0.15, 0.2) is 5.84 Å². The molecule has 5 nitrogen and oxygen atoms in total. The number of amidine groups is 1. The predicted molar refractivity (Wildman–Crippen MR) is 78.4 cm³/mol. The van der Waals surface area contributed by atoms with Crippen LogP contribution in [0.1, 0.15) is 52.4 Å². The van der Waals surface area contributed by atoms with Crippen molar-refractivity contribution in [3.63, 3.8) is 0 Å². The van der Waals surface area contributed by atoms with Crippen molar-refractivity contribution < 1.29 is 10.0 Å². The Hall–Kier alpha value is -1.26. The molecule has 2 saturated carbocycles. The van der Waals surface area contributed by atoms with Gasteiger partial charge in [0.25, 0.3) is 0 Å². The number of amides is 1. The third-order valence-electron chi connectivity index (χ3n) is 5.02. The molecule has 20 heavy (non-hydrogen) atoms. The van der Waals surface area contributed by atoms with Crippen LogP contribution in [0.5, 0.6) is 0 Å². The van der Waals surface area contributed by atoms with E-state index >= 15 is 0 Å². The van der Waals surface area contributed by atoms with E-state index in [1.54, 1.807) is 0 Å². The Labute approximate surface area is 121 Å². The van der Waals surface area contributed by atoms with Crippen molar-refractivity contribution in [2.45, 2.75) is 52.4 Å². The van der Waals surface area contributed by atoms with Crippen LogP contribution in [0.4, 0.5) is 0 Å². The van der Waals surface area contributed by atoms with E-state index in [0.717, 1.165) is 12.5 Å². The van der Waals surface area contributed by atoms with Gasteiger partial charge in [-0.2, -0.15) is 0 Å². The lowest BCUT2D eigenvalue weighted by atomic mass is 9.61. The van der Waals surface area contributed by atoms with Gasteiger partial charge in [0.2, 0.25) is 5.91 Å². The number of nitrogens with one attached hydrogen (secondary N) is 1. The number of hydrogen-bond donors (Lipinski definition) is 3. The first-order valence-electron chi connectivity index (χ1n) is 7.74. The smallest absolute Gasteiger partial charge is 0.233 e. The summed E-state index contributed by atoms with van der Waals surface area (Å²) in [4.78, 5) is 12.4. The van der Waals surface area contributed by atoms with Crippen LogP contribution in [0.15, 0.2) is 5.16 Å². The number of carbonyl (C=O) groups is 1. The Morgan fingerprint density at radius 3 is 2.60 bits per heavy atom. The summed E-state index contributed by atoms with van der Waals surface area (Å²) in [7, 11) is 0. The molecule has 5 heteroatoms. The number of nitrogens with two attached hydrogens (primary N) is 1. The second kappa shape index (κ2) is 6.02. The lowest BCUT2D eigenvalue weighted by Crippen LogP contribution is -2.57. The van der Waals surface area contributed by atoms with Gasteiger partial charge in [-0.1, -0.05) is 31.8 Å². The summed E-state index contributed by atoms with van der Waals surface area (Å²) in [6.45, 7) is 5.08. The van der Waals surface area contributed by atoms with Gasteiger partial charge in [0.05, 0.1) is 0 Å². The zero-order valence-electron chi connectivity index (χ0n) is 12.6. The van der Waals surface area contributed by atoms with Crippen LogP contribution in [0, 0.1) is 23.2 Å². The molecule has 0 heterocycles. The Morgan fingerprint density at radius 1 is 1.35 bits per heavy atom. The molecule has 2 atom stereocenters. The van der Waals surface area contributed by atoms with E-state index in [9.17, 15) is 4.79 Å². The molecule has 0 radical (unpaired) electrons. The molecule has 0 spiro atoms. The first-order valence-corrected chi connectivity index (χ1v) is 7.74. The highest BCUT2D eigenvalue weighted by Gasteiger charge is 2.52. The highest BCUT2D eigenvalue weighted by atomic mass is 16.4. The summed E-state index contributed by atoms with van der Waals surface area (Å²) in [5, 5.41) is 15.0. The quantitative estimate of drug-likeness (QED) is 0.319. The van der Waals surface area contributed by atoms with Crippen LogP contribution in [0.3, 0.4) is 0 Å². The third-order valence-corrected chi connectivity index (χ3v) is 5.02. The van der Waals surface area contributed by atoms with Crippen molar-refractivity contribution in [1.29, 1.82) is 0 Å². The molecule has 114 valence electrons. The zero-order valence-corrected chi connectivity index (χ0v) is 12.6. The van der Waals surface area contributed by atoms with Gasteiger partial charge < -0.3 is 16.3 Å². The summed E-state index contributed by atoms with van der Waals surface area (Å²) in [5.41, 5.74) is 4.98. The van der Waals surface area contributed by atoms with Crippen LogP contribution in [-0.4, -0.2) is 23.5 Å². The lowest BCUT2D eigenvalue weighted by molar-refractivity contribution is -0.133. The fourth-order valence-corrected chi connectivity index (χ4v) is 3.89. The first kappa shape index (κ1) is 15.1. The van der Waals surface area contributed by atoms with Crippen molar-refractivity contribution in [3.8, 4) is 0 Å². The van der Waals surface area contributed by atoms with Crippen molar-refractivity contribution in [1.82, 2.24) is 5.32 Å². The highest BCUT2D eigenvalue weighted by molar-refractivity contribution is 6.07. The minimum atomic E-state index is -0.769. The molecule has 0 aromatic rings. The van der Waals surface area contributed by atoms with Crippen LogP contribution in [-0.2, 0) is 4.79 Å². The minimum absolute atomic E-state index is 0.0603. The maximum atomic E-state index is 12.4. The number of hydrogen-bond acceptors (Lipinski definition) is 3. The first-order chi connectivity index (χ1) is 9.48. The topological polar surface area (TPSA) is 87.7 Å². The maximum absolute atomic E-state index is 12.4. The average Bonchev–Trinajstić information content (AvgIpc) is 2.40. The molecule has 2 rings (SSSR count). The molecule has 2 aliphatic rings. The van der Waals surface area contributed by atoms with Gasteiger partial charge in [0, 0.05) is 6.54 Å². The highest BCUT2D eigenvalue weighted by Crippen LogP contribution is 2.46. The van der Waals surface area contributed by atoms with E-state index in [2.05, 4.69) is 24.3 Å². The van der Waals surface area contributed by atoms with E-state index in [1.165, 1.54) is 25.7 Å². The van der Waals surface area contributed by atoms with Crippen molar-refractivity contribution in [2.75, 3.05) is 6.54 Å². The zero-order chi connectivity index (χ0) is 14.8. The molecule has 0 bridgehead atoms. The van der Waals surface area contributed by atoms with Crippen LogP contribution in [0.25, 0.3) is 0 Å². The second-order valence-corrected chi connectivity index (χ2v) is 6.93. The molecule has 0 aliphatic heterocycles. The van der Waals surface area contributed by atoms with Gasteiger partial charge in [-0.15, -0.1) is 0 Å². The Morgan fingerprint density at radius 2 is 2.05 bits per heavy atom. The summed E-state index contributed by atoms with van der Waals surface area (Å²) < 4.78 is 0. The largest absolute Gasteiger partial charge is 0.409 e. The SMILES string of the molecule is CC1CCCC(CNC(=O)C2(C(N)=NO)CC(C)C2)C1. The van der Waals surface area contributed by atoms with Crippen molar-refractivity contribution >= 4 is 11.7 Å². The predicted octanol–water partition coefficient (Wildman–Crippen LogP) is 2.09. The van der Waals surface area contributed by atoms with E-state index < -0.39 is 5.41 Å².